The number of carbonyl (C=O) groups is 1. The van der Waals surface area contributed by atoms with Gasteiger partial charge in [0.1, 0.15) is 0 Å². The van der Waals surface area contributed by atoms with Gasteiger partial charge in [-0.3, -0.25) is 4.98 Å². The Morgan fingerprint density at radius 1 is 0.702 bits per heavy atom. The van der Waals surface area contributed by atoms with Gasteiger partial charge in [0, 0.05) is 22.9 Å². The molecule has 0 saturated heterocycles. The fourth-order valence-electron chi connectivity index (χ4n) is 4.63. The number of carboxylic acid groups (broad SMARTS) is 1. The Morgan fingerprint density at radius 3 is 1.47 bits per heavy atom. The zero-order chi connectivity index (χ0) is 32.0. The Kier molecular flexibility index (Phi) is 45.8. The summed E-state index contributed by atoms with van der Waals surface area (Å²) in [6.45, 7) is 1.30. The maximum absolute atomic E-state index is 10.2. The first-order chi connectivity index (χ1) is 20.9. The average Bonchev–Trinajstić information content (AvgIpc) is 3.01. The van der Waals surface area contributed by atoms with E-state index >= 15 is 0 Å². The van der Waals surface area contributed by atoms with Gasteiger partial charge in [-0.2, -0.15) is 13.2 Å². The summed E-state index contributed by atoms with van der Waals surface area (Å²) in [6, 6.07) is 16.6. The molecule has 1 aromatic heterocycles. The molecule has 0 saturated carbocycles. The summed E-state index contributed by atoms with van der Waals surface area (Å²) in [6.07, 6.45) is 23.3. The van der Waals surface area contributed by atoms with Crippen molar-refractivity contribution in [3.63, 3.8) is 0 Å². The van der Waals surface area contributed by atoms with Crippen LogP contribution in [0.25, 0.3) is 21.7 Å². The zero-order valence-electron chi connectivity index (χ0n) is 28.0. The van der Waals surface area contributed by atoms with E-state index in [9.17, 15) is 9.90 Å². The Morgan fingerprint density at radius 2 is 1.06 bits per heavy atom. The van der Waals surface area contributed by atoms with Gasteiger partial charge in [0.2, 0.25) is 0 Å². The molecule has 0 spiro atoms. The molecule has 3 aromatic rings. The zero-order valence-corrected chi connectivity index (χ0v) is 31.1. The molecule has 0 unspecified atom stereocenters. The van der Waals surface area contributed by atoms with Crippen LogP contribution in [0.2, 0.25) is 0 Å². The van der Waals surface area contributed by atoms with Crippen molar-refractivity contribution in [2.24, 2.45) is 0 Å². The smallest absolute Gasteiger partial charge is 1.00 e. The number of rotatable bonds is 18. The van der Waals surface area contributed by atoms with Crippen LogP contribution in [0.4, 0.5) is 0 Å². The van der Waals surface area contributed by atoms with E-state index in [-0.39, 0.29) is 52.2 Å². The number of para-hydroxylation sites is 1. The van der Waals surface area contributed by atoms with Gasteiger partial charge < -0.3 is 50.0 Å². The first-order valence-corrected chi connectivity index (χ1v) is 15.8. The molecular weight excluding hydrogens is 807 g/mol. The van der Waals surface area contributed by atoms with Crippen molar-refractivity contribution in [3.05, 3.63) is 64.8 Å². The molecule has 272 valence electrons. The van der Waals surface area contributed by atoms with E-state index in [4.69, 9.17) is 25.5 Å². The predicted molar refractivity (Wildman–Crippen MR) is 177 cm³/mol. The van der Waals surface area contributed by atoms with Crippen molar-refractivity contribution in [2.45, 2.75) is 116 Å². The van der Waals surface area contributed by atoms with Gasteiger partial charge in [-0.25, -0.2) is 0 Å². The summed E-state index contributed by atoms with van der Waals surface area (Å²) >= 11 is 0. The molecule has 0 aliphatic heterocycles. The summed E-state index contributed by atoms with van der Waals surface area (Å²) in [5.74, 6) is -0.902. The maximum atomic E-state index is 10.2. The van der Waals surface area contributed by atoms with E-state index in [2.05, 4.69) is 42.2 Å². The van der Waals surface area contributed by atoms with Crippen LogP contribution in [0, 0.1) is 10.1 Å². The fourth-order valence-corrected chi connectivity index (χ4v) is 4.63. The molecule has 13 heteroatoms. The molecule has 0 bridgehead atoms. The second kappa shape index (κ2) is 39.8. The molecule has 3 rings (SSSR count). The molecule has 0 amide bonds. The van der Waals surface area contributed by atoms with Crippen LogP contribution in [0.5, 0.6) is 0 Å². The number of aliphatic carboxylic acids is 1. The second-order valence-corrected chi connectivity index (χ2v) is 10.4. The van der Waals surface area contributed by atoms with Crippen LogP contribution in [-0.2, 0) is 25.9 Å². The van der Waals surface area contributed by atoms with Gasteiger partial charge in [0.25, 0.3) is 5.09 Å². The SMILES string of the molecule is CCCCCCCCCCCCCCCCCCC(=O)[O-].N.N.O=[N+]([O-])O.[Cl-].[O-]CC[O-].[Pt+4].c1ccc2c(c1)cnc1ccccc12. The van der Waals surface area contributed by atoms with Crippen molar-refractivity contribution >= 4 is 27.6 Å². The molecule has 0 fully saturated rings. The molecule has 2 aromatic carbocycles. The first-order valence-electron chi connectivity index (χ1n) is 15.8. The van der Waals surface area contributed by atoms with Gasteiger partial charge in [0.15, 0.2) is 0 Å². The molecule has 7 N–H and O–H groups in total. The van der Waals surface area contributed by atoms with Crippen molar-refractivity contribution in [1.29, 1.82) is 0 Å². The van der Waals surface area contributed by atoms with Crippen LogP contribution in [0.15, 0.2) is 54.7 Å². The van der Waals surface area contributed by atoms with E-state index in [1.807, 2.05) is 24.4 Å². The minimum absolute atomic E-state index is 0. The summed E-state index contributed by atoms with van der Waals surface area (Å²) in [7, 11) is 0. The molecule has 1 heterocycles. The number of unbranched alkanes of at least 4 members (excludes halogenated alkanes) is 15. The number of aromatic nitrogens is 1. The average molecular weight is 864 g/mol. The Bertz CT molecular complexity index is 1060. The van der Waals surface area contributed by atoms with Gasteiger partial charge in [-0.1, -0.05) is 146 Å². The Balaban J connectivity index is -0.000000195. The number of hydrogen-bond donors (Lipinski definition) is 3. The third-order valence-electron chi connectivity index (χ3n) is 6.82. The molecule has 0 radical (unpaired) electrons. The van der Waals surface area contributed by atoms with Gasteiger partial charge in [-0.05, 0) is 24.3 Å². The van der Waals surface area contributed by atoms with Crippen molar-refractivity contribution in [2.75, 3.05) is 13.2 Å². The summed E-state index contributed by atoms with van der Waals surface area (Å²) in [5.41, 5.74) is 1.06. The summed E-state index contributed by atoms with van der Waals surface area (Å²) in [5, 5.41) is 45.6. The van der Waals surface area contributed by atoms with Crippen LogP contribution in [-0.4, -0.2) is 34.5 Å². The molecule has 0 atom stereocenters. The van der Waals surface area contributed by atoms with Gasteiger partial charge in [0.05, 0.1) is 5.52 Å². The number of benzene rings is 2. The third kappa shape index (κ3) is 33.3. The predicted octanol–water partition coefficient (Wildman–Crippen LogP) is 3.46. The van der Waals surface area contributed by atoms with Crippen molar-refractivity contribution in [1.82, 2.24) is 17.3 Å². The first kappa shape index (κ1) is 54.1. The molecule has 0 aliphatic rings. The molecular formula is C34H57ClN4O7Pt. The van der Waals surface area contributed by atoms with Crippen LogP contribution in [0.3, 0.4) is 0 Å². The number of halogens is 1. The molecule has 11 nitrogen and oxygen atoms in total. The molecule has 47 heavy (non-hydrogen) atoms. The fraction of sp³-hybridized carbons (Fsp3) is 0.588. The van der Waals surface area contributed by atoms with E-state index < -0.39 is 24.3 Å². The van der Waals surface area contributed by atoms with E-state index in [0.717, 1.165) is 18.4 Å². The number of pyridine rings is 1. The largest absolute Gasteiger partial charge is 4.00 e. The number of fused-ring (bicyclic) bond motifs is 3. The Labute approximate surface area is 301 Å². The van der Waals surface area contributed by atoms with Crippen molar-refractivity contribution < 1.29 is 63.9 Å². The number of hydrogen-bond acceptors (Lipinski definition) is 9. The number of carboxylic acids is 1. The standard InChI is InChI=1S/C19H38O2.C13H9N.C2H4O2.ClH.HNO3.2H3N.Pt/c1-2-3-4-5-6-7-8-9-10-11-12-13-14-15-16-17-18-19(20)21;1-2-6-11-10(5-1)9-14-13-8-4-3-7-12(11)13;3-1-2-4;;2-1(3)4;;;/h2-18H2,1H3,(H,20,21);1-9H;1-2H2;1H;(H,2,3,4);2*1H3;/q;;-2;;;;;+4/p-2. The summed E-state index contributed by atoms with van der Waals surface area (Å²) < 4.78 is 0. The van der Waals surface area contributed by atoms with Crippen LogP contribution < -0.4 is 40.0 Å². The third-order valence-corrected chi connectivity index (χ3v) is 6.82. The van der Waals surface area contributed by atoms with Crippen molar-refractivity contribution in [3.8, 4) is 0 Å². The van der Waals surface area contributed by atoms with Crippen LogP contribution in [0.1, 0.15) is 116 Å². The number of nitrogens with zero attached hydrogens (tertiary/aromatic N) is 2. The van der Waals surface area contributed by atoms with Crippen LogP contribution >= 0.6 is 0 Å². The van der Waals surface area contributed by atoms with E-state index in [0.29, 0.717) is 0 Å². The maximum Gasteiger partial charge on any atom is 4.00 e. The normalized spacial score (nSPS) is 9.26. The summed E-state index contributed by atoms with van der Waals surface area (Å²) in [4.78, 5) is 23.0. The monoisotopic (exact) mass is 863 g/mol. The van der Waals surface area contributed by atoms with E-state index in [1.165, 1.54) is 106 Å². The minimum Gasteiger partial charge on any atom is -1.00 e. The second-order valence-electron chi connectivity index (χ2n) is 10.4. The quantitative estimate of drug-likeness (QED) is 0.0730. The minimum atomic E-state index is -1.50. The van der Waals surface area contributed by atoms with Gasteiger partial charge in [-0.15, -0.1) is 10.1 Å². The topological polar surface area (TPSA) is 233 Å². The van der Waals surface area contributed by atoms with E-state index in [1.54, 1.807) is 0 Å². The van der Waals surface area contributed by atoms with Gasteiger partial charge >= 0.3 is 21.1 Å². The Hall–Kier alpha value is -2.40. The number of carbonyl (C=O) groups excluding carboxylic acids is 1. The molecule has 0 aliphatic carbocycles.